The van der Waals surface area contributed by atoms with Gasteiger partial charge >= 0.3 is 0 Å². The molecule has 0 bridgehead atoms. The Hall–Kier alpha value is -2.02. The normalized spacial score (nSPS) is 10.4. The number of aromatic nitrogens is 1. The standard InChI is InChI=1S/C12H12FN3O2S/c1-2-12-15-7-9(19-12)6-14-10-4-3-8(13)5-11(10)16(17)18/h3-5,7,14H,2,6H2,1H3. The van der Waals surface area contributed by atoms with Crippen LogP contribution in [0.1, 0.15) is 16.8 Å². The lowest BCUT2D eigenvalue weighted by molar-refractivity contribution is -0.384. The molecule has 0 fully saturated rings. The molecule has 2 rings (SSSR count). The molecule has 0 saturated carbocycles. The predicted molar refractivity (Wildman–Crippen MR) is 71.9 cm³/mol. The van der Waals surface area contributed by atoms with Gasteiger partial charge in [0.25, 0.3) is 5.69 Å². The van der Waals surface area contributed by atoms with Crippen LogP contribution in [-0.2, 0) is 13.0 Å². The van der Waals surface area contributed by atoms with E-state index in [4.69, 9.17) is 0 Å². The van der Waals surface area contributed by atoms with Crippen molar-refractivity contribution in [1.29, 1.82) is 0 Å². The highest BCUT2D eigenvalue weighted by molar-refractivity contribution is 7.11. The second kappa shape index (κ2) is 5.75. The molecule has 0 radical (unpaired) electrons. The van der Waals surface area contributed by atoms with Crippen LogP contribution in [0, 0.1) is 15.9 Å². The monoisotopic (exact) mass is 281 g/mol. The molecule has 7 heteroatoms. The van der Waals surface area contributed by atoms with E-state index in [1.165, 1.54) is 12.1 Å². The lowest BCUT2D eigenvalue weighted by atomic mass is 10.2. The van der Waals surface area contributed by atoms with E-state index in [1.54, 1.807) is 17.5 Å². The summed E-state index contributed by atoms with van der Waals surface area (Å²) in [5, 5.41) is 14.8. The zero-order valence-electron chi connectivity index (χ0n) is 10.2. The lowest BCUT2D eigenvalue weighted by Crippen LogP contribution is -2.01. The number of anilines is 1. The minimum absolute atomic E-state index is 0.264. The fraction of sp³-hybridized carbons (Fsp3) is 0.250. The summed E-state index contributed by atoms with van der Waals surface area (Å²) in [4.78, 5) is 15.4. The van der Waals surface area contributed by atoms with Gasteiger partial charge in [0.15, 0.2) is 0 Å². The van der Waals surface area contributed by atoms with Crippen LogP contribution >= 0.6 is 11.3 Å². The third-order valence-electron chi connectivity index (χ3n) is 2.51. The van der Waals surface area contributed by atoms with Crippen LogP contribution in [-0.4, -0.2) is 9.91 Å². The molecule has 0 amide bonds. The third kappa shape index (κ3) is 3.25. The highest BCUT2D eigenvalue weighted by atomic mass is 32.1. The number of nitrogens with zero attached hydrogens (tertiary/aromatic N) is 2. The molecule has 100 valence electrons. The summed E-state index contributed by atoms with van der Waals surface area (Å²) in [6.45, 7) is 2.45. The average Bonchev–Trinajstić information content (AvgIpc) is 2.85. The van der Waals surface area contributed by atoms with E-state index in [0.29, 0.717) is 12.2 Å². The zero-order chi connectivity index (χ0) is 13.8. The summed E-state index contributed by atoms with van der Waals surface area (Å²) in [7, 11) is 0. The molecule has 5 nitrogen and oxygen atoms in total. The van der Waals surface area contributed by atoms with E-state index in [-0.39, 0.29) is 5.69 Å². The Morgan fingerprint density at radius 1 is 1.53 bits per heavy atom. The SMILES string of the molecule is CCc1ncc(CNc2ccc(F)cc2[N+](=O)[O-])s1. The number of hydrogen-bond donors (Lipinski definition) is 1. The summed E-state index contributed by atoms with van der Waals surface area (Å²) in [6, 6.07) is 3.47. The van der Waals surface area contributed by atoms with Crippen LogP contribution in [0.15, 0.2) is 24.4 Å². The van der Waals surface area contributed by atoms with Crippen molar-refractivity contribution in [2.24, 2.45) is 0 Å². The number of nitro groups is 1. The van der Waals surface area contributed by atoms with Crippen LogP contribution in [0.2, 0.25) is 0 Å². The number of thiazole rings is 1. The van der Waals surface area contributed by atoms with Crippen molar-refractivity contribution in [2.45, 2.75) is 19.9 Å². The van der Waals surface area contributed by atoms with E-state index < -0.39 is 10.7 Å². The van der Waals surface area contributed by atoms with Crippen LogP contribution in [0.3, 0.4) is 0 Å². The van der Waals surface area contributed by atoms with Crippen LogP contribution < -0.4 is 5.32 Å². The van der Waals surface area contributed by atoms with Crippen molar-refractivity contribution in [1.82, 2.24) is 4.98 Å². The smallest absolute Gasteiger partial charge is 0.295 e. The van der Waals surface area contributed by atoms with Gasteiger partial charge in [0.2, 0.25) is 0 Å². The van der Waals surface area contributed by atoms with Crippen molar-refractivity contribution in [3.63, 3.8) is 0 Å². The van der Waals surface area contributed by atoms with E-state index in [1.807, 2.05) is 6.92 Å². The number of nitrogens with one attached hydrogen (secondary N) is 1. The number of benzene rings is 1. The second-order valence-corrected chi connectivity index (χ2v) is 5.05. The minimum atomic E-state index is -0.622. The summed E-state index contributed by atoms with van der Waals surface area (Å²) in [5.41, 5.74) is 0.0399. The van der Waals surface area contributed by atoms with Crippen molar-refractivity contribution in [3.8, 4) is 0 Å². The van der Waals surface area contributed by atoms with Gasteiger partial charge in [0.05, 0.1) is 22.5 Å². The number of rotatable bonds is 5. The maximum atomic E-state index is 13.0. The number of hydrogen-bond acceptors (Lipinski definition) is 5. The molecular formula is C12H12FN3O2S. The zero-order valence-corrected chi connectivity index (χ0v) is 11.0. The molecule has 2 aromatic rings. The van der Waals surface area contributed by atoms with Gasteiger partial charge < -0.3 is 5.32 Å². The van der Waals surface area contributed by atoms with E-state index in [2.05, 4.69) is 10.3 Å². The van der Waals surface area contributed by atoms with E-state index in [9.17, 15) is 14.5 Å². The van der Waals surface area contributed by atoms with Crippen molar-refractivity contribution >= 4 is 22.7 Å². The van der Waals surface area contributed by atoms with Gasteiger partial charge in [-0.15, -0.1) is 11.3 Å². The molecule has 0 saturated heterocycles. The maximum Gasteiger partial charge on any atom is 0.295 e. The molecule has 1 heterocycles. The summed E-state index contributed by atoms with van der Waals surface area (Å²) in [6.07, 6.45) is 2.60. The number of halogens is 1. The molecule has 0 unspecified atom stereocenters. The fourth-order valence-electron chi connectivity index (χ4n) is 1.58. The predicted octanol–water partition coefficient (Wildman–Crippen LogP) is 3.36. The summed E-state index contributed by atoms with van der Waals surface area (Å²) >= 11 is 1.55. The Kier molecular flexibility index (Phi) is 4.06. The van der Waals surface area contributed by atoms with Gasteiger partial charge in [-0.1, -0.05) is 6.92 Å². The fourth-order valence-corrected chi connectivity index (χ4v) is 2.38. The molecule has 0 aliphatic carbocycles. The summed E-state index contributed by atoms with van der Waals surface area (Å²) in [5.74, 6) is -0.622. The third-order valence-corrected chi connectivity index (χ3v) is 3.66. The van der Waals surface area contributed by atoms with Gasteiger partial charge in [-0.2, -0.15) is 0 Å². The molecule has 1 N–H and O–H groups in total. The molecule has 0 spiro atoms. The van der Waals surface area contributed by atoms with E-state index in [0.717, 1.165) is 22.4 Å². The molecular weight excluding hydrogens is 269 g/mol. The Morgan fingerprint density at radius 3 is 2.95 bits per heavy atom. The molecule has 0 aliphatic heterocycles. The molecule has 0 aliphatic rings. The second-order valence-electron chi connectivity index (χ2n) is 3.85. The largest absolute Gasteiger partial charge is 0.375 e. The van der Waals surface area contributed by atoms with Crippen LogP contribution in [0.25, 0.3) is 0 Å². The van der Waals surface area contributed by atoms with Gasteiger partial charge in [0, 0.05) is 11.1 Å². The van der Waals surface area contributed by atoms with Crippen molar-refractivity contribution < 1.29 is 9.31 Å². The molecule has 1 aromatic carbocycles. The Morgan fingerprint density at radius 2 is 2.32 bits per heavy atom. The van der Waals surface area contributed by atoms with Gasteiger partial charge in [-0.05, 0) is 18.6 Å². The van der Waals surface area contributed by atoms with Crippen molar-refractivity contribution in [3.05, 3.63) is 50.2 Å². The van der Waals surface area contributed by atoms with Gasteiger partial charge in [-0.3, -0.25) is 10.1 Å². The van der Waals surface area contributed by atoms with Crippen molar-refractivity contribution in [2.75, 3.05) is 5.32 Å². The van der Waals surface area contributed by atoms with Gasteiger partial charge in [-0.25, -0.2) is 9.37 Å². The maximum absolute atomic E-state index is 13.0. The van der Waals surface area contributed by atoms with Gasteiger partial charge in [0.1, 0.15) is 11.5 Å². The highest BCUT2D eigenvalue weighted by Gasteiger charge is 2.14. The Labute approximate surface area is 113 Å². The molecule has 19 heavy (non-hydrogen) atoms. The van der Waals surface area contributed by atoms with Crippen LogP contribution in [0.5, 0.6) is 0 Å². The first-order chi connectivity index (χ1) is 9.10. The average molecular weight is 281 g/mol. The van der Waals surface area contributed by atoms with Crippen LogP contribution in [0.4, 0.5) is 15.8 Å². The molecule has 0 atom stereocenters. The van der Waals surface area contributed by atoms with E-state index >= 15 is 0 Å². The Balaban J connectivity index is 2.12. The highest BCUT2D eigenvalue weighted by Crippen LogP contribution is 2.26. The first-order valence-electron chi connectivity index (χ1n) is 5.71. The summed E-state index contributed by atoms with van der Waals surface area (Å²) < 4.78 is 13.0. The number of aryl methyl sites for hydroxylation is 1. The molecule has 1 aromatic heterocycles. The number of nitro benzene ring substituents is 1. The lowest BCUT2D eigenvalue weighted by Gasteiger charge is -2.05. The first kappa shape index (κ1) is 13.4. The minimum Gasteiger partial charge on any atom is -0.375 e. The quantitative estimate of drug-likeness (QED) is 0.674. The topological polar surface area (TPSA) is 68.1 Å². The first-order valence-corrected chi connectivity index (χ1v) is 6.53. The Bertz CT molecular complexity index is 600.